The van der Waals surface area contributed by atoms with Gasteiger partial charge < -0.3 is 18.9 Å². The van der Waals surface area contributed by atoms with Crippen LogP contribution in [0, 0.1) is 17.5 Å². The molecule has 0 spiro atoms. The second-order valence-corrected chi connectivity index (χ2v) is 10.0. The summed E-state index contributed by atoms with van der Waals surface area (Å²) in [7, 11) is 0. The maximum absolute atomic E-state index is 14.9. The Morgan fingerprint density at radius 2 is 1.68 bits per heavy atom. The van der Waals surface area contributed by atoms with Crippen molar-refractivity contribution in [2.24, 2.45) is 0 Å². The fourth-order valence-electron chi connectivity index (χ4n) is 4.97. The average molecular weight is 547 g/mol. The lowest BCUT2D eigenvalue weighted by atomic mass is 9.90. The minimum absolute atomic E-state index is 0.0207. The van der Waals surface area contributed by atoms with Gasteiger partial charge in [-0.05, 0) is 49.4 Å². The highest BCUT2D eigenvalue weighted by Crippen LogP contribution is 2.39. The molecule has 2 atom stereocenters. The second kappa shape index (κ2) is 11.8. The number of halogens is 6. The summed E-state index contributed by atoms with van der Waals surface area (Å²) in [5.41, 5.74) is -2.76. The van der Waals surface area contributed by atoms with Crippen molar-refractivity contribution < 1.29 is 45.3 Å². The van der Waals surface area contributed by atoms with Gasteiger partial charge in [0.1, 0.15) is 5.82 Å². The van der Waals surface area contributed by atoms with Crippen LogP contribution in [0.15, 0.2) is 30.3 Å². The lowest BCUT2D eigenvalue weighted by Crippen LogP contribution is -2.41. The quantitative estimate of drug-likeness (QED) is 0.300. The van der Waals surface area contributed by atoms with Crippen LogP contribution in [0.5, 0.6) is 5.75 Å². The number of alkyl halides is 3. The van der Waals surface area contributed by atoms with E-state index in [4.69, 9.17) is 14.2 Å². The summed E-state index contributed by atoms with van der Waals surface area (Å²) in [4.78, 5) is 0. The Labute approximate surface area is 218 Å². The van der Waals surface area contributed by atoms with Gasteiger partial charge in [0, 0.05) is 11.5 Å². The van der Waals surface area contributed by atoms with Crippen LogP contribution < -0.4 is 4.74 Å². The third-order valence-corrected chi connectivity index (χ3v) is 7.00. The minimum atomic E-state index is -4.32. The van der Waals surface area contributed by atoms with Crippen LogP contribution in [-0.2, 0) is 20.3 Å². The van der Waals surface area contributed by atoms with E-state index in [0.29, 0.717) is 19.3 Å². The van der Waals surface area contributed by atoms with E-state index in [1.165, 1.54) is 6.07 Å². The molecule has 2 saturated heterocycles. The van der Waals surface area contributed by atoms with Crippen LogP contribution >= 0.6 is 0 Å². The van der Waals surface area contributed by atoms with Crippen molar-refractivity contribution in [2.45, 2.75) is 82.5 Å². The molecule has 0 amide bonds. The van der Waals surface area contributed by atoms with E-state index in [1.54, 1.807) is 0 Å². The summed E-state index contributed by atoms with van der Waals surface area (Å²) in [6.45, 7) is 3.49. The van der Waals surface area contributed by atoms with Gasteiger partial charge in [0.2, 0.25) is 5.82 Å². The lowest BCUT2D eigenvalue weighted by Gasteiger charge is -2.34. The summed E-state index contributed by atoms with van der Waals surface area (Å²) >= 11 is 0. The maximum Gasteiger partial charge on any atom is 0.429 e. The maximum atomic E-state index is 14.9. The zero-order chi connectivity index (χ0) is 27.5. The fourth-order valence-corrected chi connectivity index (χ4v) is 4.97. The van der Waals surface area contributed by atoms with E-state index in [-0.39, 0.29) is 43.5 Å². The van der Waals surface area contributed by atoms with Crippen LogP contribution in [0.3, 0.4) is 0 Å². The molecule has 0 aromatic heterocycles. The first-order valence-electron chi connectivity index (χ1n) is 12.9. The highest BCUT2D eigenvalue weighted by molar-refractivity contribution is 5.35. The molecule has 0 N–H and O–H groups in total. The normalized spacial score (nSPS) is 26.4. The minimum Gasteiger partial charge on any atom is -0.426 e. The van der Waals surface area contributed by atoms with E-state index in [0.717, 1.165) is 37.1 Å². The Kier molecular flexibility index (Phi) is 8.94. The third kappa shape index (κ3) is 6.29. The molecular weight excluding hydrogens is 514 g/mol. The fraction of sp³-hybridized carbons (Fsp3) is 0.571. The molecule has 2 fully saturated rings. The van der Waals surface area contributed by atoms with Crippen molar-refractivity contribution in [1.82, 2.24) is 0 Å². The molecule has 0 saturated carbocycles. The zero-order valence-electron chi connectivity index (χ0n) is 21.4. The van der Waals surface area contributed by atoms with Crippen LogP contribution in [0.1, 0.15) is 81.3 Å². The van der Waals surface area contributed by atoms with Crippen molar-refractivity contribution in [3.8, 4) is 5.75 Å². The topological polar surface area (TPSA) is 36.9 Å². The van der Waals surface area contributed by atoms with E-state index in [2.05, 4.69) is 4.74 Å². The van der Waals surface area contributed by atoms with E-state index in [9.17, 15) is 26.3 Å². The van der Waals surface area contributed by atoms with Gasteiger partial charge in [-0.25, -0.2) is 13.2 Å². The Morgan fingerprint density at radius 3 is 2.29 bits per heavy atom. The Balaban J connectivity index is 1.45. The number of benzene rings is 2. The van der Waals surface area contributed by atoms with Crippen LogP contribution in [0.2, 0.25) is 0 Å². The van der Waals surface area contributed by atoms with E-state index in [1.807, 2.05) is 13.8 Å². The summed E-state index contributed by atoms with van der Waals surface area (Å²) in [5.74, 6) is -5.71. The molecule has 0 aliphatic carbocycles. The van der Waals surface area contributed by atoms with Crippen LogP contribution in [0.25, 0.3) is 0 Å². The Hall–Kier alpha value is -2.30. The first-order valence-corrected chi connectivity index (χ1v) is 12.9. The second-order valence-electron chi connectivity index (χ2n) is 10.0. The molecule has 38 heavy (non-hydrogen) atoms. The molecule has 2 aromatic rings. The molecule has 2 aromatic carbocycles. The largest absolute Gasteiger partial charge is 0.429 e. The standard InChI is InChI=1S/C28H32F6O4/c1-3-5-19-8-6-18(14-35-19)20-9-11-23(25(31)24(20)30)38-28(33,34)21-10-7-17(13-22(21)29)26-36-15-27(32,12-4-2)16-37-26/h7,9-11,13,18-19,26H,3-6,8,12,14-16H2,1-2H3. The molecule has 10 heteroatoms. The first kappa shape index (κ1) is 28.7. The molecular formula is C28H32F6O4. The number of ether oxygens (including phenoxy) is 4. The van der Waals surface area contributed by atoms with Gasteiger partial charge in [-0.15, -0.1) is 0 Å². The highest BCUT2D eigenvalue weighted by Gasteiger charge is 2.41. The molecule has 0 radical (unpaired) electrons. The molecule has 2 aliphatic heterocycles. The van der Waals surface area contributed by atoms with Crippen molar-refractivity contribution in [3.63, 3.8) is 0 Å². The first-order chi connectivity index (χ1) is 18.1. The van der Waals surface area contributed by atoms with Crippen molar-refractivity contribution in [1.29, 1.82) is 0 Å². The van der Waals surface area contributed by atoms with Gasteiger partial charge in [-0.1, -0.05) is 38.8 Å². The molecule has 0 bridgehead atoms. The predicted octanol–water partition coefficient (Wildman–Crippen LogP) is 7.85. The van der Waals surface area contributed by atoms with Gasteiger partial charge in [0.15, 0.2) is 23.5 Å². The van der Waals surface area contributed by atoms with Crippen molar-refractivity contribution in [2.75, 3.05) is 19.8 Å². The molecule has 2 aliphatic rings. The van der Waals surface area contributed by atoms with Crippen LogP contribution in [-0.4, -0.2) is 31.6 Å². The summed E-state index contributed by atoms with van der Waals surface area (Å²) in [6.07, 6.45) is -1.48. The zero-order valence-corrected chi connectivity index (χ0v) is 21.4. The average Bonchev–Trinajstić information content (AvgIpc) is 2.88. The molecule has 2 unspecified atom stereocenters. The van der Waals surface area contributed by atoms with E-state index < -0.39 is 52.7 Å². The SMILES string of the molecule is CCCC1CCC(c2ccc(OC(F)(F)c3ccc(C4OCC(F)(CCC)CO4)cc3F)c(F)c2F)CO1. The monoisotopic (exact) mass is 546 g/mol. The highest BCUT2D eigenvalue weighted by atomic mass is 19.3. The summed E-state index contributed by atoms with van der Waals surface area (Å²) in [5, 5.41) is 0. The molecule has 210 valence electrons. The van der Waals surface area contributed by atoms with Crippen molar-refractivity contribution >= 4 is 0 Å². The van der Waals surface area contributed by atoms with Crippen LogP contribution in [0.4, 0.5) is 26.3 Å². The molecule has 4 nitrogen and oxygen atoms in total. The van der Waals surface area contributed by atoms with E-state index >= 15 is 0 Å². The number of hydrogen-bond acceptors (Lipinski definition) is 4. The van der Waals surface area contributed by atoms with Gasteiger partial charge >= 0.3 is 6.11 Å². The van der Waals surface area contributed by atoms with Gasteiger partial charge in [0.25, 0.3) is 0 Å². The summed E-state index contributed by atoms with van der Waals surface area (Å²) in [6, 6.07) is 4.74. The summed E-state index contributed by atoms with van der Waals surface area (Å²) < 4.78 is 109. The van der Waals surface area contributed by atoms with Crippen molar-refractivity contribution in [3.05, 3.63) is 64.5 Å². The number of rotatable bonds is 9. The van der Waals surface area contributed by atoms with Gasteiger partial charge in [-0.2, -0.15) is 13.2 Å². The van der Waals surface area contributed by atoms with Gasteiger partial charge in [-0.3, -0.25) is 0 Å². The predicted molar refractivity (Wildman–Crippen MR) is 127 cm³/mol. The smallest absolute Gasteiger partial charge is 0.426 e. The Morgan fingerprint density at radius 1 is 0.947 bits per heavy atom. The lowest BCUT2D eigenvalue weighted by molar-refractivity contribution is -0.239. The van der Waals surface area contributed by atoms with Gasteiger partial charge in [0.05, 0.1) is 31.5 Å². The number of hydrogen-bond donors (Lipinski definition) is 0. The molecule has 2 heterocycles. The third-order valence-electron chi connectivity index (χ3n) is 7.00. The molecule has 4 rings (SSSR count). The Bertz CT molecular complexity index is 1090.